The van der Waals surface area contributed by atoms with Gasteiger partial charge in [0, 0.05) is 38.3 Å². The molecule has 0 saturated heterocycles. The Morgan fingerprint density at radius 2 is 2.33 bits per heavy atom. The summed E-state index contributed by atoms with van der Waals surface area (Å²) in [6, 6.07) is 3.84. The molecule has 2 N–H and O–H groups in total. The zero-order valence-electron chi connectivity index (χ0n) is 12.0. The second kappa shape index (κ2) is 6.41. The fourth-order valence-corrected chi connectivity index (χ4v) is 2.37. The van der Waals surface area contributed by atoms with Crippen molar-refractivity contribution in [1.82, 2.24) is 24.8 Å². The van der Waals surface area contributed by atoms with E-state index in [4.69, 9.17) is 4.42 Å². The Bertz CT molecular complexity index is 641. The number of nitrogens with one attached hydrogen (secondary N) is 2. The van der Waals surface area contributed by atoms with Crippen molar-refractivity contribution >= 4 is 0 Å². The summed E-state index contributed by atoms with van der Waals surface area (Å²) in [7, 11) is 1.99. The highest BCUT2D eigenvalue weighted by Gasteiger charge is 2.19. The Morgan fingerprint density at radius 1 is 1.38 bits per heavy atom. The lowest BCUT2D eigenvalue weighted by Gasteiger charge is -2.16. The lowest BCUT2D eigenvalue weighted by Crippen LogP contribution is -2.26. The molecule has 0 bridgehead atoms. The second-order valence-corrected chi connectivity index (χ2v) is 4.94. The summed E-state index contributed by atoms with van der Waals surface area (Å²) in [6.07, 6.45) is 11.0. The van der Waals surface area contributed by atoms with Crippen LogP contribution in [0.25, 0.3) is 0 Å². The van der Waals surface area contributed by atoms with Gasteiger partial charge in [-0.1, -0.05) is 0 Å². The van der Waals surface area contributed by atoms with Crippen LogP contribution < -0.4 is 5.32 Å². The molecule has 6 heteroatoms. The van der Waals surface area contributed by atoms with Crippen LogP contribution in [0.5, 0.6) is 0 Å². The fourth-order valence-electron chi connectivity index (χ4n) is 2.37. The van der Waals surface area contributed by atoms with Crippen LogP contribution in [0, 0.1) is 0 Å². The van der Waals surface area contributed by atoms with Crippen molar-refractivity contribution in [2.45, 2.75) is 18.9 Å². The number of aromatic amines is 1. The Balaban J connectivity index is 1.62. The van der Waals surface area contributed by atoms with Gasteiger partial charge in [-0.05, 0) is 25.1 Å². The summed E-state index contributed by atoms with van der Waals surface area (Å²) < 4.78 is 7.55. The van der Waals surface area contributed by atoms with E-state index >= 15 is 0 Å². The predicted molar refractivity (Wildman–Crippen MR) is 78.7 cm³/mol. The predicted octanol–water partition coefficient (Wildman–Crippen LogP) is 2.05. The first-order valence-corrected chi connectivity index (χ1v) is 7.07. The van der Waals surface area contributed by atoms with Gasteiger partial charge in [0.1, 0.15) is 23.5 Å². The molecule has 0 amide bonds. The number of hydrogen-bond donors (Lipinski definition) is 2. The second-order valence-electron chi connectivity index (χ2n) is 4.94. The van der Waals surface area contributed by atoms with Crippen LogP contribution in [-0.2, 0) is 13.5 Å². The molecule has 0 radical (unpaired) electrons. The zero-order valence-corrected chi connectivity index (χ0v) is 12.0. The van der Waals surface area contributed by atoms with Gasteiger partial charge in [0.05, 0.1) is 6.26 Å². The topological polar surface area (TPSA) is 71.7 Å². The van der Waals surface area contributed by atoms with Crippen molar-refractivity contribution in [2.75, 3.05) is 6.54 Å². The Hall–Kier alpha value is -2.34. The quantitative estimate of drug-likeness (QED) is 0.652. The van der Waals surface area contributed by atoms with Crippen LogP contribution in [0.15, 0.2) is 47.6 Å². The number of rotatable bonds is 7. The van der Waals surface area contributed by atoms with E-state index in [0.29, 0.717) is 0 Å². The standard InChI is InChI=1S/C15H19N5O/c1-20-10-9-19-15(20)14(12-4-3-11-21-12)18-6-2-5-13-16-7-8-17-13/h3-4,7-11,14,18H,2,5-6H2,1H3,(H,16,17). The highest BCUT2D eigenvalue weighted by atomic mass is 16.3. The molecule has 0 aliphatic carbocycles. The molecule has 110 valence electrons. The van der Waals surface area contributed by atoms with E-state index < -0.39 is 0 Å². The third kappa shape index (κ3) is 3.22. The molecule has 0 saturated carbocycles. The van der Waals surface area contributed by atoms with Gasteiger partial charge < -0.3 is 19.3 Å². The minimum atomic E-state index is -0.0309. The molecule has 3 heterocycles. The third-order valence-corrected chi connectivity index (χ3v) is 3.44. The van der Waals surface area contributed by atoms with Crippen molar-refractivity contribution in [3.8, 4) is 0 Å². The van der Waals surface area contributed by atoms with Crippen LogP contribution in [0.3, 0.4) is 0 Å². The van der Waals surface area contributed by atoms with Crippen molar-refractivity contribution in [3.05, 3.63) is 60.6 Å². The molecule has 0 spiro atoms. The van der Waals surface area contributed by atoms with Gasteiger partial charge in [0.25, 0.3) is 0 Å². The number of aryl methyl sites for hydroxylation is 2. The summed E-state index contributed by atoms with van der Waals surface area (Å²) >= 11 is 0. The van der Waals surface area contributed by atoms with Crippen LogP contribution in [0.2, 0.25) is 0 Å². The molecule has 6 nitrogen and oxygen atoms in total. The first-order valence-electron chi connectivity index (χ1n) is 7.07. The highest BCUT2D eigenvalue weighted by molar-refractivity contribution is 5.15. The number of aromatic nitrogens is 4. The molecule has 0 aromatic carbocycles. The molecule has 3 aromatic heterocycles. The third-order valence-electron chi connectivity index (χ3n) is 3.44. The molecular weight excluding hydrogens is 266 g/mol. The van der Waals surface area contributed by atoms with E-state index in [1.54, 1.807) is 18.7 Å². The number of imidazole rings is 2. The van der Waals surface area contributed by atoms with Crippen LogP contribution in [0.4, 0.5) is 0 Å². The zero-order chi connectivity index (χ0) is 14.5. The monoisotopic (exact) mass is 285 g/mol. The van der Waals surface area contributed by atoms with E-state index in [-0.39, 0.29) is 6.04 Å². The fraction of sp³-hybridized carbons (Fsp3) is 0.333. The maximum absolute atomic E-state index is 5.54. The van der Waals surface area contributed by atoms with Crippen LogP contribution >= 0.6 is 0 Å². The van der Waals surface area contributed by atoms with Gasteiger partial charge in [0.15, 0.2) is 0 Å². The minimum Gasteiger partial charge on any atom is -0.467 e. The van der Waals surface area contributed by atoms with E-state index in [1.165, 1.54) is 0 Å². The van der Waals surface area contributed by atoms with Crippen molar-refractivity contribution in [1.29, 1.82) is 0 Å². The smallest absolute Gasteiger partial charge is 0.133 e. The molecule has 1 atom stereocenters. The normalized spacial score (nSPS) is 12.6. The van der Waals surface area contributed by atoms with E-state index in [9.17, 15) is 0 Å². The lowest BCUT2D eigenvalue weighted by atomic mass is 10.2. The first kappa shape index (κ1) is 13.6. The number of nitrogens with zero attached hydrogens (tertiary/aromatic N) is 3. The molecule has 0 aliphatic rings. The van der Waals surface area contributed by atoms with Crippen LogP contribution in [-0.4, -0.2) is 26.1 Å². The molecular formula is C15H19N5O. The summed E-state index contributed by atoms with van der Waals surface area (Å²) in [6.45, 7) is 0.860. The van der Waals surface area contributed by atoms with Crippen LogP contribution in [0.1, 0.15) is 29.9 Å². The summed E-state index contributed by atoms with van der Waals surface area (Å²) in [5, 5.41) is 3.51. The van der Waals surface area contributed by atoms with Gasteiger partial charge in [-0.15, -0.1) is 0 Å². The largest absolute Gasteiger partial charge is 0.467 e. The molecule has 1 unspecified atom stereocenters. The molecule has 0 aliphatic heterocycles. The summed E-state index contributed by atoms with van der Waals surface area (Å²) in [5.41, 5.74) is 0. The number of H-pyrrole nitrogens is 1. The SMILES string of the molecule is Cn1ccnc1C(NCCCc1ncc[nH]1)c1ccco1. The number of furan rings is 1. The van der Waals surface area contributed by atoms with Gasteiger partial charge in [-0.2, -0.15) is 0 Å². The molecule has 21 heavy (non-hydrogen) atoms. The van der Waals surface area contributed by atoms with Crippen molar-refractivity contribution in [2.24, 2.45) is 7.05 Å². The Morgan fingerprint density at radius 3 is 3.00 bits per heavy atom. The van der Waals surface area contributed by atoms with Crippen molar-refractivity contribution in [3.63, 3.8) is 0 Å². The average Bonchev–Trinajstić information content (AvgIpc) is 3.21. The Kier molecular flexibility index (Phi) is 4.16. The summed E-state index contributed by atoms with van der Waals surface area (Å²) in [5.74, 6) is 2.84. The molecule has 0 fully saturated rings. The molecule has 3 rings (SSSR count). The minimum absolute atomic E-state index is 0.0309. The van der Waals surface area contributed by atoms with Gasteiger partial charge in [-0.3, -0.25) is 0 Å². The van der Waals surface area contributed by atoms with E-state index in [2.05, 4.69) is 20.3 Å². The average molecular weight is 285 g/mol. The van der Waals surface area contributed by atoms with Gasteiger partial charge >= 0.3 is 0 Å². The van der Waals surface area contributed by atoms with Crippen molar-refractivity contribution < 1.29 is 4.42 Å². The van der Waals surface area contributed by atoms with E-state index in [0.717, 1.165) is 36.8 Å². The first-order chi connectivity index (χ1) is 10.3. The number of hydrogen-bond acceptors (Lipinski definition) is 4. The van der Waals surface area contributed by atoms with Gasteiger partial charge in [0.2, 0.25) is 0 Å². The maximum atomic E-state index is 5.54. The maximum Gasteiger partial charge on any atom is 0.133 e. The Labute approximate surface area is 123 Å². The highest BCUT2D eigenvalue weighted by Crippen LogP contribution is 2.20. The van der Waals surface area contributed by atoms with Gasteiger partial charge in [-0.25, -0.2) is 9.97 Å². The molecule has 3 aromatic rings. The summed E-state index contributed by atoms with van der Waals surface area (Å²) in [4.78, 5) is 11.8. The van der Waals surface area contributed by atoms with E-state index in [1.807, 2.05) is 36.1 Å². The lowest BCUT2D eigenvalue weighted by molar-refractivity contribution is 0.427.